The average molecular weight is 454 g/mol. The van der Waals surface area contributed by atoms with Gasteiger partial charge in [0.15, 0.2) is 5.65 Å². The third kappa shape index (κ3) is 4.47. The Kier molecular flexibility index (Phi) is 5.83. The molecule has 3 aromatic heterocycles. The topological polar surface area (TPSA) is 72.2 Å². The highest BCUT2D eigenvalue weighted by Gasteiger charge is 2.18. The molecule has 0 atom stereocenters. The van der Waals surface area contributed by atoms with Gasteiger partial charge in [-0.1, -0.05) is 66.2 Å². The molecule has 33 heavy (non-hydrogen) atoms. The van der Waals surface area contributed by atoms with E-state index in [0.29, 0.717) is 35.0 Å². The van der Waals surface area contributed by atoms with E-state index in [2.05, 4.69) is 15.4 Å². The summed E-state index contributed by atoms with van der Waals surface area (Å²) in [6.45, 7) is 0.452. The molecule has 2 aromatic carbocycles. The number of fused-ring (bicyclic) bond motifs is 1. The Morgan fingerprint density at radius 2 is 1.70 bits per heavy atom. The number of hydrogen-bond acceptors (Lipinski definition) is 4. The van der Waals surface area contributed by atoms with Crippen LogP contribution in [0.5, 0.6) is 0 Å². The van der Waals surface area contributed by atoms with E-state index in [0.717, 1.165) is 22.5 Å². The number of aromatic nitrogens is 4. The third-order valence-corrected chi connectivity index (χ3v) is 5.60. The van der Waals surface area contributed by atoms with Crippen LogP contribution < -0.4 is 5.32 Å². The Balaban J connectivity index is 1.53. The monoisotopic (exact) mass is 453 g/mol. The first kappa shape index (κ1) is 20.8. The molecule has 0 saturated carbocycles. The molecule has 0 aliphatic heterocycles. The Labute approximate surface area is 195 Å². The Morgan fingerprint density at radius 3 is 2.48 bits per heavy atom. The predicted molar refractivity (Wildman–Crippen MR) is 129 cm³/mol. The van der Waals surface area contributed by atoms with Crippen LogP contribution in [0, 0.1) is 0 Å². The van der Waals surface area contributed by atoms with Crippen LogP contribution in [0.25, 0.3) is 28.2 Å². The zero-order valence-electron chi connectivity index (χ0n) is 17.6. The summed E-state index contributed by atoms with van der Waals surface area (Å²) in [5.41, 5.74) is 4.93. The molecular formula is C26H20ClN5O. The molecule has 0 aliphatic rings. The minimum atomic E-state index is -0.241. The molecule has 162 valence electrons. The number of amides is 1. The van der Waals surface area contributed by atoms with Gasteiger partial charge in [-0.25, -0.2) is 9.50 Å². The van der Waals surface area contributed by atoms with Crippen molar-refractivity contribution in [3.8, 4) is 22.5 Å². The summed E-state index contributed by atoms with van der Waals surface area (Å²) in [6.07, 6.45) is 2.38. The number of benzene rings is 2. The normalized spacial score (nSPS) is 10.9. The summed E-state index contributed by atoms with van der Waals surface area (Å²) < 4.78 is 1.58. The van der Waals surface area contributed by atoms with Gasteiger partial charge in [0.1, 0.15) is 5.69 Å². The zero-order valence-corrected chi connectivity index (χ0v) is 18.4. The van der Waals surface area contributed by atoms with Gasteiger partial charge in [-0.15, -0.1) is 0 Å². The fourth-order valence-electron chi connectivity index (χ4n) is 3.63. The van der Waals surface area contributed by atoms with E-state index in [-0.39, 0.29) is 5.91 Å². The van der Waals surface area contributed by atoms with Crippen LogP contribution in [0.1, 0.15) is 16.2 Å². The van der Waals surface area contributed by atoms with Crippen LogP contribution in [-0.4, -0.2) is 32.0 Å². The van der Waals surface area contributed by atoms with Gasteiger partial charge in [-0.3, -0.25) is 9.78 Å². The van der Waals surface area contributed by atoms with Gasteiger partial charge in [0, 0.05) is 47.1 Å². The molecule has 0 unspecified atom stereocenters. The molecule has 7 heteroatoms. The minimum Gasteiger partial charge on any atom is -0.350 e. The maximum atomic E-state index is 13.2. The van der Waals surface area contributed by atoms with E-state index in [9.17, 15) is 4.79 Å². The van der Waals surface area contributed by atoms with E-state index < -0.39 is 0 Å². The lowest BCUT2D eigenvalue weighted by Crippen LogP contribution is -2.28. The highest BCUT2D eigenvalue weighted by Crippen LogP contribution is 2.28. The van der Waals surface area contributed by atoms with Crippen molar-refractivity contribution in [2.24, 2.45) is 0 Å². The van der Waals surface area contributed by atoms with Crippen LogP contribution in [0.3, 0.4) is 0 Å². The van der Waals surface area contributed by atoms with Crippen molar-refractivity contribution in [1.29, 1.82) is 0 Å². The van der Waals surface area contributed by atoms with E-state index in [1.54, 1.807) is 22.8 Å². The lowest BCUT2D eigenvalue weighted by molar-refractivity contribution is 0.0946. The maximum Gasteiger partial charge on any atom is 0.270 e. The minimum absolute atomic E-state index is 0.241. The summed E-state index contributed by atoms with van der Waals surface area (Å²) >= 11 is 6.42. The van der Waals surface area contributed by atoms with Crippen molar-refractivity contribution in [3.63, 3.8) is 0 Å². The number of carbonyl (C=O) groups is 1. The van der Waals surface area contributed by atoms with E-state index in [1.807, 2.05) is 72.8 Å². The van der Waals surface area contributed by atoms with Gasteiger partial charge in [-0.2, -0.15) is 5.10 Å². The molecule has 3 heterocycles. The third-order valence-electron chi connectivity index (χ3n) is 5.27. The van der Waals surface area contributed by atoms with Gasteiger partial charge in [0.05, 0.1) is 11.4 Å². The maximum absolute atomic E-state index is 13.2. The fraction of sp³-hybridized carbons (Fsp3) is 0.0769. The lowest BCUT2D eigenvalue weighted by Gasteiger charge is -2.10. The quantitative estimate of drug-likeness (QED) is 0.389. The molecule has 1 amide bonds. The number of carbonyl (C=O) groups excluding carboxylic acids is 1. The molecule has 0 radical (unpaired) electrons. The molecule has 1 N–H and O–H groups in total. The number of nitrogens with zero attached hydrogens (tertiary/aromatic N) is 4. The average Bonchev–Trinajstić information content (AvgIpc) is 3.29. The molecule has 5 rings (SSSR count). The Morgan fingerprint density at radius 1 is 0.909 bits per heavy atom. The first-order chi connectivity index (χ1) is 16.2. The highest BCUT2D eigenvalue weighted by atomic mass is 35.5. The number of nitrogens with one attached hydrogen (secondary N) is 1. The van der Waals surface area contributed by atoms with Crippen LogP contribution in [-0.2, 0) is 6.42 Å². The van der Waals surface area contributed by atoms with E-state index >= 15 is 0 Å². The van der Waals surface area contributed by atoms with Gasteiger partial charge in [-0.05, 0) is 24.3 Å². The van der Waals surface area contributed by atoms with Crippen LogP contribution in [0.2, 0.25) is 5.02 Å². The van der Waals surface area contributed by atoms with Crippen molar-refractivity contribution >= 4 is 23.2 Å². The summed E-state index contributed by atoms with van der Waals surface area (Å²) in [5, 5.41) is 8.23. The summed E-state index contributed by atoms with van der Waals surface area (Å²) in [5.74, 6) is -0.241. The number of pyridine rings is 1. The first-order valence-electron chi connectivity index (χ1n) is 10.6. The molecule has 5 aromatic rings. The Bertz CT molecular complexity index is 1420. The zero-order chi connectivity index (χ0) is 22.6. The smallest absolute Gasteiger partial charge is 0.270 e. The second-order valence-electron chi connectivity index (χ2n) is 7.50. The van der Waals surface area contributed by atoms with Gasteiger partial charge < -0.3 is 5.32 Å². The molecule has 0 spiro atoms. The number of rotatable bonds is 6. The summed E-state index contributed by atoms with van der Waals surface area (Å²) in [6, 6.07) is 26.6. The number of hydrogen-bond donors (Lipinski definition) is 1. The van der Waals surface area contributed by atoms with Crippen molar-refractivity contribution in [2.45, 2.75) is 6.42 Å². The van der Waals surface area contributed by atoms with Crippen molar-refractivity contribution in [1.82, 2.24) is 24.9 Å². The second kappa shape index (κ2) is 9.22. The molecule has 0 fully saturated rings. The molecular weight excluding hydrogens is 434 g/mol. The van der Waals surface area contributed by atoms with Crippen molar-refractivity contribution < 1.29 is 4.79 Å². The lowest BCUT2D eigenvalue weighted by atomic mass is 10.1. The highest BCUT2D eigenvalue weighted by molar-refractivity contribution is 6.33. The first-order valence-corrected chi connectivity index (χ1v) is 11.0. The van der Waals surface area contributed by atoms with E-state index in [4.69, 9.17) is 16.6 Å². The SMILES string of the molecule is O=C(NCCc1ccccn1)c1cc(-c2ccccc2Cl)nc2cc(-c3ccccc3)nn12. The molecule has 0 aliphatic carbocycles. The van der Waals surface area contributed by atoms with Gasteiger partial charge >= 0.3 is 0 Å². The predicted octanol–water partition coefficient (Wildman–Crippen LogP) is 5.08. The van der Waals surface area contributed by atoms with Crippen LogP contribution in [0.15, 0.2) is 91.1 Å². The van der Waals surface area contributed by atoms with Crippen molar-refractivity contribution in [3.05, 3.63) is 108 Å². The largest absolute Gasteiger partial charge is 0.350 e. The molecule has 0 saturated heterocycles. The van der Waals surface area contributed by atoms with Crippen molar-refractivity contribution in [2.75, 3.05) is 6.54 Å². The molecule has 0 bridgehead atoms. The molecule has 6 nitrogen and oxygen atoms in total. The van der Waals surface area contributed by atoms with Gasteiger partial charge in [0.25, 0.3) is 5.91 Å². The van der Waals surface area contributed by atoms with Gasteiger partial charge in [0.2, 0.25) is 0 Å². The van der Waals surface area contributed by atoms with E-state index in [1.165, 1.54) is 0 Å². The summed E-state index contributed by atoms with van der Waals surface area (Å²) in [7, 11) is 0. The standard InChI is InChI=1S/C26H20ClN5O/c27-21-12-5-4-11-20(21)23-16-24(26(33)29-15-13-19-10-6-7-14-28-19)32-25(30-23)17-22(31-32)18-8-2-1-3-9-18/h1-12,14,16-17H,13,15H2,(H,29,33). The fourth-order valence-corrected chi connectivity index (χ4v) is 3.87. The van der Waals surface area contributed by atoms with Crippen LogP contribution >= 0.6 is 11.6 Å². The Hall–Kier alpha value is -4.03. The summed E-state index contributed by atoms with van der Waals surface area (Å²) in [4.78, 5) is 22.3. The number of halogens is 1. The second-order valence-corrected chi connectivity index (χ2v) is 7.91. The van der Waals surface area contributed by atoms with Crippen LogP contribution in [0.4, 0.5) is 0 Å².